The SMILES string of the molecule is O=C1C2=Cc3ccccc3C2=CC=C1N(c1ccccc1)c1ccccc1. The summed E-state index contributed by atoms with van der Waals surface area (Å²) in [6.07, 6.45) is 6.01. The maximum atomic E-state index is 13.4. The highest BCUT2D eigenvalue weighted by Gasteiger charge is 2.31. The van der Waals surface area contributed by atoms with E-state index < -0.39 is 0 Å². The Balaban J connectivity index is 1.65. The van der Waals surface area contributed by atoms with Crippen LogP contribution in [-0.2, 0) is 4.79 Å². The van der Waals surface area contributed by atoms with Crippen LogP contribution in [0.3, 0.4) is 0 Å². The van der Waals surface area contributed by atoms with Gasteiger partial charge in [0.2, 0.25) is 5.78 Å². The number of anilines is 2. The number of fused-ring (bicyclic) bond motifs is 3. The fraction of sp³-hybridized carbons (Fsp3) is 0. The van der Waals surface area contributed by atoms with Crippen LogP contribution in [0.15, 0.2) is 108 Å². The lowest BCUT2D eigenvalue weighted by Crippen LogP contribution is -2.25. The number of hydrogen-bond acceptors (Lipinski definition) is 2. The van der Waals surface area contributed by atoms with Gasteiger partial charge in [-0.05, 0) is 53.1 Å². The van der Waals surface area contributed by atoms with Crippen LogP contribution in [-0.4, -0.2) is 5.78 Å². The number of carbonyl (C=O) groups excluding carboxylic acids is 1. The van der Waals surface area contributed by atoms with Gasteiger partial charge in [0, 0.05) is 16.9 Å². The van der Waals surface area contributed by atoms with Crippen molar-refractivity contribution in [3.05, 3.63) is 119 Å². The summed E-state index contributed by atoms with van der Waals surface area (Å²) in [6.45, 7) is 0. The third-order valence-corrected chi connectivity index (χ3v) is 5.00. The predicted octanol–water partition coefficient (Wildman–Crippen LogP) is 5.77. The van der Waals surface area contributed by atoms with E-state index >= 15 is 0 Å². The summed E-state index contributed by atoms with van der Waals surface area (Å²) >= 11 is 0. The maximum absolute atomic E-state index is 13.4. The molecule has 128 valence electrons. The second-order valence-electron chi connectivity index (χ2n) is 6.61. The molecule has 27 heavy (non-hydrogen) atoms. The molecule has 0 fully saturated rings. The summed E-state index contributed by atoms with van der Waals surface area (Å²) in [6, 6.07) is 28.2. The molecule has 0 saturated carbocycles. The Morgan fingerprint density at radius 2 is 1.19 bits per heavy atom. The van der Waals surface area contributed by atoms with Crippen molar-refractivity contribution in [3.63, 3.8) is 0 Å². The maximum Gasteiger partial charge on any atom is 0.210 e. The molecule has 0 saturated heterocycles. The highest BCUT2D eigenvalue weighted by Crippen LogP contribution is 2.41. The monoisotopic (exact) mass is 347 g/mol. The number of hydrogen-bond donors (Lipinski definition) is 0. The van der Waals surface area contributed by atoms with Crippen molar-refractivity contribution in [2.24, 2.45) is 0 Å². The number of Topliss-reactive ketones (excluding diaryl/α,β-unsaturated/α-hetero) is 1. The number of rotatable bonds is 3. The van der Waals surface area contributed by atoms with Gasteiger partial charge in [-0.3, -0.25) is 4.79 Å². The standard InChI is InChI=1S/C25H17NO/c27-25-23-17-18-9-7-8-14-21(18)22(23)15-16-24(25)26(19-10-3-1-4-11-19)20-12-5-2-6-13-20/h1-17H. The molecule has 0 spiro atoms. The molecule has 0 atom stereocenters. The lowest BCUT2D eigenvalue weighted by Gasteiger charge is -2.28. The molecule has 2 nitrogen and oxygen atoms in total. The quantitative estimate of drug-likeness (QED) is 0.599. The zero-order valence-corrected chi connectivity index (χ0v) is 14.7. The minimum absolute atomic E-state index is 0.0522. The number of para-hydroxylation sites is 2. The Morgan fingerprint density at radius 3 is 1.85 bits per heavy atom. The van der Waals surface area contributed by atoms with E-state index in [0.29, 0.717) is 5.70 Å². The summed E-state index contributed by atoms with van der Waals surface area (Å²) < 4.78 is 0. The van der Waals surface area contributed by atoms with Gasteiger partial charge < -0.3 is 4.90 Å². The second kappa shape index (κ2) is 6.26. The van der Waals surface area contributed by atoms with E-state index in [-0.39, 0.29) is 5.78 Å². The summed E-state index contributed by atoms with van der Waals surface area (Å²) in [5, 5.41) is 0. The summed E-state index contributed by atoms with van der Waals surface area (Å²) in [5.74, 6) is 0.0522. The Labute approximate surface area is 158 Å². The molecule has 0 amide bonds. The first-order valence-electron chi connectivity index (χ1n) is 9.01. The van der Waals surface area contributed by atoms with Gasteiger partial charge in [0.15, 0.2) is 0 Å². The highest BCUT2D eigenvalue weighted by atomic mass is 16.1. The van der Waals surface area contributed by atoms with Crippen molar-refractivity contribution >= 4 is 28.8 Å². The molecule has 5 rings (SSSR count). The van der Waals surface area contributed by atoms with Crippen LogP contribution in [0.1, 0.15) is 11.1 Å². The molecule has 0 radical (unpaired) electrons. The smallest absolute Gasteiger partial charge is 0.210 e. The van der Waals surface area contributed by atoms with Gasteiger partial charge in [-0.15, -0.1) is 0 Å². The predicted molar refractivity (Wildman–Crippen MR) is 111 cm³/mol. The van der Waals surface area contributed by atoms with Crippen molar-refractivity contribution < 1.29 is 4.79 Å². The van der Waals surface area contributed by atoms with Crippen LogP contribution in [0.25, 0.3) is 11.6 Å². The first-order valence-corrected chi connectivity index (χ1v) is 9.01. The minimum atomic E-state index is 0.0522. The van der Waals surface area contributed by atoms with Gasteiger partial charge in [-0.2, -0.15) is 0 Å². The van der Waals surface area contributed by atoms with E-state index in [1.54, 1.807) is 0 Å². The van der Waals surface area contributed by atoms with Gasteiger partial charge in [0.25, 0.3) is 0 Å². The molecule has 2 aliphatic rings. The van der Waals surface area contributed by atoms with Crippen molar-refractivity contribution in [2.75, 3.05) is 4.90 Å². The molecule has 0 N–H and O–H groups in total. The Hall–Kier alpha value is -3.65. The fourth-order valence-electron chi connectivity index (χ4n) is 3.75. The zero-order valence-electron chi connectivity index (χ0n) is 14.7. The van der Waals surface area contributed by atoms with Crippen molar-refractivity contribution in [2.45, 2.75) is 0 Å². The number of carbonyl (C=O) groups is 1. The van der Waals surface area contributed by atoms with E-state index in [0.717, 1.165) is 33.6 Å². The van der Waals surface area contributed by atoms with Gasteiger partial charge in [0.05, 0.1) is 5.70 Å². The Bertz CT molecular complexity index is 1080. The minimum Gasteiger partial charge on any atom is -0.307 e. The first-order chi connectivity index (χ1) is 13.3. The topological polar surface area (TPSA) is 20.3 Å². The molecular weight excluding hydrogens is 330 g/mol. The van der Waals surface area contributed by atoms with Crippen LogP contribution in [0.2, 0.25) is 0 Å². The average molecular weight is 347 g/mol. The van der Waals surface area contributed by atoms with Crippen LogP contribution in [0, 0.1) is 0 Å². The molecule has 2 aliphatic carbocycles. The lowest BCUT2D eigenvalue weighted by atomic mass is 9.93. The van der Waals surface area contributed by atoms with Crippen molar-refractivity contribution in [1.82, 2.24) is 0 Å². The summed E-state index contributed by atoms with van der Waals surface area (Å²) in [4.78, 5) is 15.5. The summed E-state index contributed by atoms with van der Waals surface area (Å²) in [5.41, 5.74) is 6.61. The third kappa shape index (κ3) is 2.54. The second-order valence-corrected chi connectivity index (χ2v) is 6.61. The van der Waals surface area contributed by atoms with Gasteiger partial charge in [0.1, 0.15) is 0 Å². The van der Waals surface area contributed by atoms with Crippen LogP contribution in [0.4, 0.5) is 11.4 Å². The van der Waals surface area contributed by atoms with Gasteiger partial charge in [-0.1, -0.05) is 66.7 Å². The van der Waals surface area contributed by atoms with E-state index in [9.17, 15) is 4.79 Å². The lowest BCUT2D eigenvalue weighted by molar-refractivity contribution is -0.111. The van der Waals surface area contributed by atoms with E-state index in [2.05, 4.69) is 18.2 Å². The number of ketones is 1. The number of benzene rings is 3. The van der Waals surface area contributed by atoms with Crippen LogP contribution >= 0.6 is 0 Å². The Kier molecular flexibility index (Phi) is 3.61. The zero-order chi connectivity index (χ0) is 18.2. The molecule has 0 bridgehead atoms. The molecule has 3 aromatic carbocycles. The summed E-state index contributed by atoms with van der Waals surface area (Å²) in [7, 11) is 0. The molecule has 0 aromatic heterocycles. The van der Waals surface area contributed by atoms with Crippen LogP contribution < -0.4 is 4.90 Å². The molecule has 0 heterocycles. The van der Waals surface area contributed by atoms with Crippen LogP contribution in [0.5, 0.6) is 0 Å². The van der Waals surface area contributed by atoms with E-state index in [1.165, 1.54) is 0 Å². The normalized spacial score (nSPS) is 14.7. The third-order valence-electron chi connectivity index (χ3n) is 5.00. The molecule has 3 aromatic rings. The van der Waals surface area contributed by atoms with E-state index in [4.69, 9.17) is 0 Å². The molecule has 2 heteroatoms. The first kappa shape index (κ1) is 15.6. The molecule has 0 unspecified atom stereocenters. The number of nitrogens with zero attached hydrogens (tertiary/aromatic N) is 1. The highest BCUT2D eigenvalue weighted by molar-refractivity contribution is 6.27. The average Bonchev–Trinajstić information content (AvgIpc) is 3.11. The van der Waals surface area contributed by atoms with Crippen molar-refractivity contribution in [1.29, 1.82) is 0 Å². The number of allylic oxidation sites excluding steroid dienone is 4. The largest absolute Gasteiger partial charge is 0.307 e. The van der Waals surface area contributed by atoms with Gasteiger partial charge >= 0.3 is 0 Å². The fourth-order valence-corrected chi connectivity index (χ4v) is 3.75. The molecule has 0 aliphatic heterocycles. The van der Waals surface area contributed by atoms with Gasteiger partial charge in [-0.25, -0.2) is 0 Å². The van der Waals surface area contributed by atoms with Crippen molar-refractivity contribution in [3.8, 4) is 0 Å². The molecular formula is C25H17NO. The Morgan fingerprint density at radius 1 is 0.593 bits per heavy atom. The van der Waals surface area contributed by atoms with E-state index in [1.807, 2.05) is 89.8 Å².